The van der Waals surface area contributed by atoms with E-state index < -0.39 is 5.92 Å². The third-order valence-corrected chi connectivity index (χ3v) is 6.63. The summed E-state index contributed by atoms with van der Waals surface area (Å²) in [6.07, 6.45) is 0.772. The molecule has 0 saturated heterocycles. The number of rotatable bonds is 4. The number of benzene rings is 4. The monoisotopic (exact) mass is 433 g/mol. The highest BCUT2D eigenvalue weighted by Gasteiger charge is 2.43. The lowest BCUT2D eigenvalue weighted by atomic mass is 9.90. The molecule has 4 heteroatoms. The number of amides is 1. The van der Waals surface area contributed by atoms with Gasteiger partial charge in [-0.25, -0.2) is 0 Å². The molecule has 2 aliphatic rings. The Morgan fingerprint density at radius 3 is 2.15 bits per heavy atom. The Kier molecular flexibility index (Phi) is 4.65. The van der Waals surface area contributed by atoms with Crippen LogP contribution in [0, 0.1) is 0 Å². The predicted octanol–water partition coefficient (Wildman–Crippen LogP) is 5.60. The van der Waals surface area contributed by atoms with E-state index in [0.29, 0.717) is 12.2 Å². The first-order valence-corrected chi connectivity index (χ1v) is 11.2. The third-order valence-electron chi connectivity index (χ3n) is 6.63. The maximum absolute atomic E-state index is 14.2. The minimum Gasteiger partial charge on any atom is -0.508 e. The number of hydrogen-bond acceptors (Lipinski definition) is 3. The lowest BCUT2D eigenvalue weighted by Gasteiger charge is -2.30. The average molecular weight is 434 g/mol. The second-order valence-corrected chi connectivity index (χ2v) is 8.54. The second-order valence-electron chi connectivity index (χ2n) is 8.54. The van der Waals surface area contributed by atoms with Gasteiger partial charge in [-0.3, -0.25) is 9.69 Å². The molecular formula is C29H23NO3. The van der Waals surface area contributed by atoms with E-state index in [-0.39, 0.29) is 17.7 Å². The Hall–Kier alpha value is -4.05. The minimum atomic E-state index is -0.592. The summed E-state index contributed by atoms with van der Waals surface area (Å²) in [5.74, 6) is 0.257. The number of nitrogens with zero attached hydrogens (tertiary/aromatic N) is 1. The predicted molar refractivity (Wildman–Crippen MR) is 128 cm³/mol. The molecule has 1 atom stereocenters. The van der Waals surface area contributed by atoms with Gasteiger partial charge in [-0.05, 0) is 34.9 Å². The van der Waals surface area contributed by atoms with Gasteiger partial charge < -0.3 is 9.84 Å². The summed E-state index contributed by atoms with van der Waals surface area (Å²) < 4.78 is 5.75. The molecule has 0 radical (unpaired) electrons. The summed E-state index contributed by atoms with van der Waals surface area (Å²) in [7, 11) is 0. The molecule has 0 aromatic heterocycles. The van der Waals surface area contributed by atoms with Gasteiger partial charge in [-0.15, -0.1) is 0 Å². The highest BCUT2D eigenvalue weighted by molar-refractivity contribution is 6.08. The Morgan fingerprint density at radius 1 is 0.818 bits per heavy atom. The zero-order valence-corrected chi connectivity index (χ0v) is 18.0. The lowest BCUT2D eigenvalue weighted by Crippen LogP contribution is -2.34. The van der Waals surface area contributed by atoms with Crippen LogP contribution in [0.4, 0.5) is 5.69 Å². The normalized spacial score (nSPS) is 16.6. The standard InChI is InChI=1S/C29H23NO3/c31-25-17-21-15-16-33-26(21)18-23(25)27-22-13-7-8-14-24(22)30(29(27)32)28(19-9-3-1-4-10-19)20-11-5-2-6-12-20/h1-14,17-18,27-28,31H,15-16H2. The van der Waals surface area contributed by atoms with Crippen LogP contribution in [0.3, 0.4) is 0 Å². The maximum atomic E-state index is 14.2. The molecule has 4 nitrogen and oxygen atoms in total. The molecule has 0 aliphatic carbocycles. The van der Waals surface area contributed by atoms with Gasteiger partial charge in [-0.1, -0.05) is 78.9 Å². The lowest BCUT2D eigenvalue weighted by molar-refractivity contribution is -0.118. The largest absolute Gasteiger partial charge is 0.508 e. The quantitative estimate of drug-likeness (QED) is 0.456. The molecule has 2 heterocycles. The van der Waals surface area contributed by atoms with Crippen molar-refractivity contribution < 1.29 is 14.6 Å². The zero-order chi connectivity index (χ0) is 22.4. The van der Waals surface area contributed by atoms with Crippen molar-refractivity contribution in [3.8, 4) is 11.5 Å². The van der Waals surface area contributed by atoms with Gasteiger partial charge in [0.25, 0.3) is 0 Å². The van der Waals surface area contributed by atoms with Crippen molar-refractivity contribution in [2.75, 3.05) is 11.5 Å². The van der Waals surface area contributed by atoms with Crippen LogP contribution < -0.4 is 9.64 Å². The van der Waals surface area contributed by atoms with Crippen LogP contribution in [-0.4, -0.2) is 17.6 Å². The number of phenols is 1. The fraction of sp³-hybridized carbons (Fsp3) is 0.138. The smallest absolute Gasteiger partial charge is 0.240 e. The fourth-order valence-electron chi connectivity index (χ4n) is 5.13. The summed E-state index contributed by atoms with van der Waals surface area (Å²) in [4.78, 5) is 16.1. The van der Waals surface area contributed by atoms with Crippen molar-refractivity contribution >= 4 is 11.6 Å². The first-order chi connectivity index (χ1) is 16.2. The molecule has 0 spiro atoms. The summed E-state index contributed by atoms with van der Waals surface area (Å²) in [6, 6.07) is 31.4. The number of hydrogen-bond donors (Lipinski definition) is 1. The van der Waals surface area contributed by atoms with E-state index >= 15 is 0 Å². The molecule has 1 amide bonds. The molecule has 0 bridgehead atoms. The zero-order valence-electron chi connectivity index (χ0n) is 18.0. The van der Waals surface area contributed by atoms with Crippen molar-refractivity contribution in [3.05, 3.63) is 125 Å². The molecule has 4 aromatic rings. The Labute approximate surface area is 192 Å². The van der Waals surface area contributed by atoms with E-state index in [9.17, 15) is 9.90 Å². The van der Waals surface area contributed by atoms with Crippen molar-refractivity contribution in [1.82, 2.24) is 0 Å². The average Bonchev–Trinajstić information content (AvgIpc) is 3.42. The molecular weight excluding hydrogens is 410 g/mol. The van der Waals surface area contributed by atoms with Gasteiger partial charge in [0.05, 0.1) is 18.6 Å². The Morgan fingerprint density at radius 2 is 1.45 bits per heavy atom. The van der Waals surface area contributed by atoms with Crippen LogP contribution in [0.5, 0.6) is 11.5 Å². The van der Waals surface area contributed by atoms with Crippen molar-refractivity contribution in [3.63, 3.8) is 0 Å². The van der Waals surface area contributed by atoms with Gasteiger partial charge in [0, 0.05) is 23.2 Å². The molecule has 0 saturated carbocycles. The van der Waals surface area contributed by atoms with Crippen LogP contribution in [0.2, 0.25) is 0 Å². The molecule has 6 rings (SSSR count). The number of para-hydroxylation sites is 1. The fourth-order valence-corrected chi connectivity index (χ4v) is 5.13. The van der Waals surface area contributed by atoms with Crippen molar-refractivity contribution in [1.29, 1.82) is 0 Å². The number of aromatic hydroxyl groups is 1. The van der Waals surface area contributed by atoms with Gasteiger partial charge in [0.2, 0.25) is 5.91 Å². The number of ether oxygens (including phenoxy) is 1. The number of carbonyl (C=O) groups excluding carboxylic acids is 1. The van der Waals surface area contributed by atoms with Crippen molar-refractivity contribution in [2.45, 2.75) is 18.4 Å². The van der Waals surface area contributed by atoms with Crippen LogP contribution in [0.1, 0.15) is 39.8 Å². The van der Waals surface area contributed by atoms with E-state index in [1.165, 1.54) is 0 Å². The van der Waals surface area contributed by atoms with Crippen LogP contribution in [0.15, 0.2) is 97.1 Å². The van der Waals surface area contributed by atoms with Gasteiger partial charge in [0.1, 0.15) is 11.5 Å². The van der Waals surface area contributed by atoms with Gasteiger partial charge >= 0.3 is 0 Å². The highest BCUT2D eigenvalue weighted by Crippen LogP contribution is 2.49. The molecule has 0 fully saturated rings. The van der Waals surface area contributed by atoms with E-state index in [1.807, 2.05) is 71.6 Å². The van der Waals surface area contributed by atoms with E-state index in [4.69, 9.17) is 4.74 Å². The van der Waals surface area contributed by atoms with Crippen LogP contribution in [0.25, 0.3) is 0 Å². The van der Waals surface area contributed by atoms with Gasteiger partial charge in [0.15, 0.2) is 0 Å². The summed E-state index contributed by atoms with van der Waals surface area (Å²) in [5.41, 5.74) is 5.41. The Balaban J connectivity index is 1.53. The molecule has 4 aromatic carbocycles. The molecule has 2 aliphatic heterocycles. The van der Waals surface area contributed by atoms with E-state index in [0.717, 1.165) is 40.1 Å². The topological polar surface area (TPSA) is 49.8 Å². The first-order valence-electron chi connectivity index (χ1n) is 11.2. The van der Waals surface area contributed by atoms with Crippen LogP contribution in [-0.2, 0) is 11.2 Å². The molecule has 33 heavy (non-hydrogen) atoms. The van der Waals surface area contributed by atoms with E-state index in [2.05, 4.69) is 24.3 Å². The molecule has 1 N–H and O–H groups in total. The van der Waals surface area contributed by atoms with Crippen LogP contribution >= 0.6 is 0 Å². The highest BCUT2D eigenvalue weighted by atomic mass is 16.5. The summed E-state index contributed by atoms with van der Waals surface area (Å²) >= 11 is 0. The molecule has 1 unspecified atom stereocenters. The number of carbonyl (C=O) groups is 1. The number of phenolic OH excluding ortho intramolecular Hbond substituents is 1. The number of anilines is 1. The third kappa shape index (κ3) is 3.18. The summed E-state index contributed by atoms with van der Waals surface area (Å²) in [5, 5.41) is 10.9. The van der Waals surface area contributed by atoms with E-state index in [1.54, 1.807) is 6.07 Å². The van der Waals surface area contributed by atoms with Gasteiger partial charge in [-0.2, -0.15) is 0 Å². The Bertz CT molecular complexity index is 1290. The minimum absolute atomic E-state index is 0.0536. The summed E-state index contributed by atoms with van der Waals surface area (Å²) in [6.45, 7) is 0.601. The number of fused-ring (bicyclic) bond motifs is 2. The second kappa shape index (κ2) is 7.82. The SMILES string of the molecule is O=C1C(c2cc3c(cc2O)CCO3)c2ccccc2N1C(c1ccccc1)c1ccccc1. The van der Waals surface area contributed by atoms with Crippen molar-refractivity contribution in [2.24, 2.45) is 0 Å². The molecule has 162 valence electrons. The first kappa shape index (κ1) is 19.6. The maximum Gasteiger partial charge on any atom is 0.240 e.